The SMILES string of the molecule is NC(=Nc1ccccc1)/N=C(\N)Nc1ccccc1.NC(=Nc1ccccc1)/N=C(\N)Nc1ccccc1. The first-order chi connectivity index (χ1) is 18.5. The number of nitrogens with two attached hydrogens (primary N) is 4. The van der Waals surface area contributed by atoms with Crippen LogP contribution in [-0.2, 0) is 0 Å². The van der Waals surface area contributed by atoms with E-state index in [-0.39, 0.29) is 23.8 Å². The average Bonchev–Trinajstić information content (AvgIpc) is 2.91. The third-order valence-corrected chi connectivity index (χ3v) is 4.56. The molecular weight excluding hydrogens is 476 g/mol. The van der Waals surface area contributed by atoms with Crippen molar-refractivity contribution in [3.05, 3.63) is 121 Å². The molecule has 10 nitrogen and oxygen atoms in total. The molecular formula is C28H30N10. The number of nitrogens with one attached hydrogen (secondary N) is 2. The lowest BCUT2D eigenvalue weighted by Crippen LogP contribution is -2.26. The van der Waals surface area contributed by atoms with E-state index in [1.807, 2.05) is 121 Å². The summed E-state index contributed by atoms with van der Waals surface area (Å²) in [6.07, 6.45) is 0. The molecule has 10 N–H and O–H groups in total. The monoisotopic (exact) mass is 506 g/mol. The van der Waals surface area contributed by atoms with Gasteiger partial charge in [-0.1, -0.05) is 72.8 Å². The Morgan fingerprint density at radius 1 is 0.421 bits per heavy atom. The van der Waals surface area contributed by atoms with E-state index in [0.29, 0.717) is 0 Å². The van der Waals surface area contributed by atoms with Crippen LogP contribution in [0, 0.1) is 0 Å². The number of nitrogens with zero attached hydrogens (tertiary/aromatic N) is 4. The molecule has 0 spiro atoms. The Morgan fingerprint density at radius 2 is 0.711 bits per heavy atom. The standard InChI is InChI=1S/2C14H15N5/c2*15-13(17-11-7-3-1-4-8-11)19-14(16)18-12-9-5-2-6-10-12/h2*1-10H,(H5,15,16,17,18,19). The zero-order valence-corrected chi connectivity index (χ0v) is 20.6. The molecule has 10 heteroatoms. The number of aliphatic imine (C=N–C) groups is 4. The molecule has 0 atom stereocenters. The summed E-state index contributed by atoms with van der Waals surface area (Å²) in [5.74, 6) is 0.603. The van der Waals surface area contributed by atoms with Crippen molar-refractivity contribution in [2.45, 2.75) is 0 Å². The van der Waals surface area contributed by atoms with Gasteiger partial charge in [0.25, 0.3) is 0 Å². The Hall–Kier alpha value is -5.64. The topological polar surface area (TPSA) is 178 Å². The van der Waals surface area contributed by atoms with Gasteiger partial charge >= 0.3 is 0 Å². The smallest absolute Gasteiger partial charge is 0.223 e. The van der Waals surface area contributed by atoms with Gasteiger partial charge in [-0.05, 0) is 48.5 Å². The summed E-state index contributed by atoms with van der Waals surface area (Å²) in [6.45, 7) is 0. The maximum Gasteiger partial charge on any atom is 0.223 e. The molecule has 0 saturated carbocycles. The molecule has 0 heterocycles. The molecule has 0 aliphatic heterocycles. The third-order valence-electron chi connectivity index (χ3n) is 4.56. The third kappa shape index (κ3) is 10.3. The Morgan fingerprint density at radius 3 is 1.03 bits per heavy atom. The molecule has 0 fully saturated rings. The van der Waals surface area contributed by atoms with Gasteiger partial charge in [0.2, 0.25) is 23.8 Å². The van der Waals surface area contributed by atoms with Crippen LogP contribution in [-0.4, -0.2) is 23.8 Å². The summed E-state index contributed by atoms with van der Waals surface area (Å²) >= 11 is 0. The second-order valence-corrected chi connectivity index (χ2v) is 7.59. The lowest BCUT2D eigenvalue weighted by molar-refractivity contribution is 1.39. The molecule has 0 amide bonds. The normalized spacial score (nSPS) is 12.2. The van der Waals surface area contributed by atoms with E-state index >= 15 is 0 Å². The minimum Gasteiger partial charge on any atom is -0.369 e. The van der Waals surface area contributed by atoms with Crippen LogP contribution in [0.4, 0.5) is 22.7 Å². The zero-order chi connectivity index (χ0) is 27.0. The van der Waals surface area contributed by atoms with E-state index in [0.717, 1.165) is 22.7 Å². The summed E-state index contributed by atoms with van der Waals surface area (Å²) in [5, 5.41) is 5.85. The van der Waals surface area contributed by atoms with E-state index in [4.69, 9.17) is 22.9 Å². The van der Waals surface area contributed by atoms with E-state index < -0.39 is 0 Å². The van der Waals surface area contributed by atoms with Gasteiger partial charge in [0.15, 0.2) is 0 Å². The van der Waals surface area contributed by atoms with Crippen molar-refractivity contribution in [3.63, 3.8) is 0 Å². The number of anilines is 2. The van der Waals surface area contributed by atoms with Gasteiger partial charge in [-0.3, -0.25) is 0 Å². The fourth-order valence-corrected chi connectivity index (χ4v) is 2.96. The van der Waals surface area contributed by atoms with Crippen LogP contribution in [0.3, 0.4) is 0 Å². The van der Waals surface area contributed by atoms with Crippen molar-refractivity contribution < 1.29 is 0 Å². The maximum absolute atomic E-state index is 5.74. The Bertz CT molecular complexity index is 1260. The van der Waals surface area contributed by atoms with Crippen LogP contribution >= 0.6 is 0 Å². The second-order valence-electron chi connectivity index (χ2n) is 7.59. The van der Waals surface area contributed by atoms with Gasteiger partial charge in [-0.2, -0.15) is 9.98 Å². The maximum atomic E-state index is 5.74. The second kappa shape index (κ2) is 14.7. The molecule has 0 aliphatic rings. The molecule has 192 valence electrons. The number of rotatable bonds is 4. The first kappa shape index (κ1) is 27.0. The van der Waals surface area contributed by atoms with Gasteiger partial charge in [0.05, 0.1) is 11.4 Å². The Kier molecular flexibility index (Phi) is 10.4. The average molecular weight is 507 g/mol. The van der Waals surface area contributed by atoms with Crippen LogP contribution < -0.4 is 33.6 Å². The first-order valence-corrected chi connectivity index (χ1v) is 11.6. The van der Waals surface area contributed by atoms with Crippen LogP contribution in [0.15, 0.2) is 141 Å². The summed E-state index contributed by atoms with van der Waals surface area (Å²) in [5.41, 5.74) is 26.0. The number of guanidine groups is 4. The predicted octanol–water partition coefficient (Wildman–Crippen LogP) is 4.12. The molecule has 4 rings (SSSR count). The van der Waals surface area contributed by atoms with Gasteiger partial charge in [0, 0.05) is 11.4 Å². The summed E-state index contributed by atoms with van der Waals surface area (Å²) in [6, 6.07) is 37.6. The van der Waals surface area contributed by atoms with Crippen molar-refractivity contribution in [1.29, 1.82) is 0 Å². The van der Waals surface area contributed by atoms with Crippen LogP contribution in [0.5, 0.6) is 0 Å². The van der Waals surface area contributed by atoms with E-state index in [1.165, 1.54) is 0 Å². The van der Waals surface area contributed by atoms with E-state index in [9.17, 15) is 0 Å². The molecule has 0 radical (unpaired) electrons. The quantitative estimate of drug-likeness (QED) is 0.179. The number of hydrogen-bond donors (Lipinski definition) is 6. The Labute approximate surface area is 221 Å². The van der Waals surface area contributed by atoms with E-state index in [1.54, 1.807) is 0 Å². The lowest BCUT2D eigenvalue weighted by atomic mass is 10.3. The Balaban J connectivity index is 0.000000211. The zero-order valence-electron chi connectivity index (χ0n) is 20.6. The molecule has 0 unspecified atom stereocenters. The van der Waals surface area contributed by atoms with Gasteiger partial charge in [0.1, 0.15) is 0 Å². The van der Waals surface area contributed by atoms with Crippen LogP contribution in [0.25, 0.3) is 0 Å². The van der Waals surface area contributed by atoms with Gasteiger partial charge < -0.3 is 33.6 Å². The molecule has 4 aromatic carbocycles. The summed E-state index contributed by atoms with van der Waals surface area (Å²) in [4.78, 5) is 16.2. The highest BCUT2D eigenvalue weighted by Crippen LogP contribution is 2.10. The fourth-order valence-electron chi connectivity index (χ4n) is 2.96. The van der Waals surface area contributed by atoms with Crippen molar-refractivity contribution in [2.24, 2.45) is 42.9 Å². The molecule has 4 aromatic rings. The highest BCUT2D eigenvalue weighted by atomic mass is 15.2. The van der Waals surface area contributed by atoms with Gasteiger partial charge in [-0.15, -0.1) is 0 Å². The predicted molar refractivity (Wildman–Crippen MR) is 159 cm³/mol. The number of hydrogen-bond acceptors (Lipinski definition) is 2. The molecule has 38 heavy (non-hydrogen) atoms. The molecule has 0 aliphatic carbocycles. The largest absolute Gasteiger partial charge is 0.369 e. The number of benzene rings is 4. The summed E-state index contributed by atoms with van der Waals surface area (Å²) in [7, 11) is 0. The molecule has 0 saturated heterocycles. The first-order valence-electron chi connectivity index (χ1n) is 11.6. The minimum atomic E-state index is 0.104. The van der Waals surface area contributed by atoms with Gasteiger partial charge in [-0.25, -0.2) is 9.98 Å². The van der Waals surface area contributed by atoms with Crippen molar-refractivity contribution in [2.75, 3.05) is 10.6 Å². The fraction of sp³-hybridized carbons (Fsp3) is 0. The number of para-hydroxylation sites is 4. The highest BCUT2D eigenvalue weighted by molar-refractivity contribution is 6.01. The lowest BCUT2D eigenvalue weighted by Gasteiger charge is -2.04. The molecule has 0 bridgehead atoms. The van der Waals surface area contributed by atoms with Crippen LogP contribution in [0.2, 0.25) is 0 Å². The minimum absolute atomic E-state index is 0.104. The van der Waals surface area contributed by atoms with Crippen LogP contribution in [0.1, 0.15) is 0 Å². The molecule has 0 aromatic heterocycles. The highest BCUT2D eigenvalue weighted by Gasteiger charge is 1.97. The van der Waals surface area contributed by atoms with Crippen molar-refractivity contribution >= 4 is 46.6 Å². The summed E-state index contributed by atoms with van der Waals surface area (Å²) < 4.78 is 0. The van der Waals surface area contributed by atoms with E-state index in [2.05, 4.69) is 30.6 Å². The van der Waals surface area contributed by atoms with Crippen molar-refractivity contribution in [3.8, 4) is 0 Å². The van der Waals surface area contributed by atoms with Crippen molar-refractivity contribution in [1.82, 2.24) is 0 Å².